The van der Waals surface area contributed by atoms with E-state index in [0.717, 1.165) is 19.3 Å². The van der Waals surface area contributed by atoms with E-state index >= 15 is 0 Å². The van der Waals surface area contributed by atoms with E-state index in [2.05, 4.69) is 6.58 Å². The van der Waals surface area contributed by atoms with Crippen LogP contribution in [0.15, 0.2) is 12.7 Å². The summed E-state index contributed by atoms with van der Waals surface area (Å²) < 4.78 is 5.02. The minimum atomic E-state index is -0.0573. The number of esters is 1. The number of cyclic esters (lactones) is 1. The van der Waals surface area contributed by atoms with E-state index in [1.807, 2.05) is 0 Å². The molecule has 0 radical (unpaired) electrons. The molecular weight excluding hydrogens is 128 g/mol. The van der Waals surface area contributed by atoms with Crippen molar-refractivity contribution in [1.29, 1.82) is 0 Å². The number of hydrogen-bond donors (Lipinski definition) is 0. The van der Waals surface area contributed by atoms with Crippen LogP contribution in [0.3, 0.4) is 0 Å². The third-order valence-electron chi connectivity index (χ3n) is 1.63. The van der Waals surface area contributed by atoms with Gasteiger partial charge in [-0.1, -0.05) is 6.08 Å². The molecule has 1 rings (SSSR count). The summed E-state index contributed by atoms with van der Waals surface area (Å²) in [6.07, 6.45) is 5.26. The summed E-state index contributed by atoms with van der Waals surface area (Å²) in [7, 11) is 0. The van der Waals surface area contributed by atoms with Crippen LogP contribution in [0.1, 0.15) is 25.7 Å². The minimum Gasteiger partial charge on any atom is -0.462 e. The maximum Gasteiger partial charge on any atom is 0.306 e. The zero-order valence-electron chi connectivity index (χ0n) is 6.01. The Morgan fingerprint density at radius 1 is 1.80 bits per heavy atom. The molecule has 56 valence electrons. The summed E-state index contributed by atoms with van der Waals surface area (Å²) in [5.41, 5.74) is 0. The van der Waals surface area contributed by atoms with Crippen LogP contribution in [0, 0.1) is 0 Å². The summed E-state index contributed by atoms with van der Waals surface area (Å²) >= 11 is 0. The summed E-state index contributed by atoms with van der Waals surface area (Å²) in [5.74, 6) is -0.0573. The molecule has 0 bridgehead atoms. The fourth-order valence-corrected chi connectivity index (χ4v) is 1.13. The molecule has 0 spiro atoms. The Balaban J connectivity index is 2.31. The maximum absolute atomic E-state index is 10.7. The van der Waals surface area contributed by atoms with Crippen molar-refractivity contribution in [2.24, 2.45) is 0 Å². The van der Waals surface area contributed by atoms with Crippen molar-refractivity contribution in [2.75, 3.05) is 0 Å². The summed E-state index contributed by atoms with van der Waals surface area (Å²) in [4.78, 5) is 10.7. The van der Waals surface area contributed by atoms with E-state index in [4.69, 9.17) is 4.74 Å². The molecule has 0 aromatic heterocycles. The van der Waals surface area contributed by atoms with Gasteiger partial charge < -0.3 is 4.74 Å². The molecule has 0 aromatic rings. The van der Waals surface area contributed by atoms with Crippen molar-refractivity contribution < 1.29 is 9.53 Å². The van der Waals surface area contributed by atoms with Crippen LogP contribution >= 0.6 is 0 Å². The topological polar surface area (TPSA) is 26.3 Å². The molecule has 10 heavy (non-hydrogen) atoms. The van der Waals surface area contributed by atoms with Crippen molar-refractivity contribution in [3.8, 4) is 0 Å². The fourth-order valence-electron chi connectivity index (χ4n) is 1.13. The third kappa shape index (κ3) is 1.87. The predicted molar refractivity (Wildman–Crippen MR) is 38.5 cm³/mol. The van der Waals surface area contributed by atoms with Crippen molar-refractivity contribution in [2.45, 2.75) is 31.8 Å². The zero-order chi connectivity index (χ0) is 7.40. The smallest absolute Gasteiger partial charge is 0.306 e. The van der Waals surface area contributed by atoms with Gasteiger partial charge in [-0.2, -0.15) is 0 Å². The highest BCUT2D eigenvalue weighted by Gasteiger charge is 2.18. The van der Waals surface area contributed by atoms with E-state index in [1.54, 1.807) is 6.08 Å². The Morgan fingerprint density at radius 3 is 3.20 bits per heavy atom. The first kappa shape index (κ1) is 7.32. The van der Waals surface area contributed by atoms with Gasteiger partial charge in [-0.05, 0) is 12.8 Å². The van der Waals surface area contributed by atoms with Crippen molar-refractivity contribution in [3.05, 3.63) is 12.7 Å². The lowest BCUT2D eigenvalue weighted by Crippen LogP contribution is -2.22. The Morgan fingerprint density at radius 2 is 2.60 bits per heavy atom. The van der Waals surface area contributed by atoms with Crippen molar-refractivity contribution in [1.82, 2.24) is 0 Å². The average Bonchev–Trinajstić information content (AvgIpc) is 1.88. The van der Waals surface area contributed by atoms with Gasteiger partial charge in [-0.15, -0.1) is 6.58 Å². The van der Waals surface area contributed by atoms with Gasteiger partial charge in [-0.3, -0.25) is 4.79 Å². The van der Waals surface area contributed by atoms with E-state index in [9.17, 15) is 4.79 Å². The van der Waals surface area contributed by atoms with Crippen LogP contribution in [-0.2, 0) is 9.53 Å². The Hall–Kier alpha value is -0.790. The Kier molecular flexibility index (Phi) is 2.49. The number of hydrogen-bond acceptors (Lipinski definition) is 2. The van der Waals surface area contributed by atoms with Gasteiger partial charge in [0.2, 0.25) is 0 Å². The van der Waals surface area contributed by atoms with Crippen molar-refractivity contribution in [3.63, 3.8) is 0 Å². The molecule has 1 aliphatic rings. The van der Waals surface area contributed by atoms with Crippen LogP contribution in [0.5, 0.6) is 0 Å². The van der Waals surface area contributed by atoms with E-state index in [1.165, 1.54) is 0 Å². The predicted octanol–water partition coefficient (Wildman–Crippen LogP) is 1.66. The molecular formula is C8H12O2. The second-order valence-corrected chi connectivity index (χ2v) is 2.53. The highest BCUT2D eigenvalue weighted by molar-refractivity contribution is 5.70. The molecule has 1 aliphatic heterocycles. The van der Waals surface area contributed by atoms with Gasteiger partial charge in [0, 0.05) is 12.8 Å². The highest BCUT2D eigenvalue weighted by Crippen LogP contribution is 2.16. The minimum absolute atomic E-state index is 0.0573. The maximum atomic E-state index is 10.7. The van der Waals surface area contributed by atoms with Gasteiger partial charge in [0.1, 0.15) is 6.10 Å². The van der Waals surface area contributed by atoms with Gasteiger partial charge in [-0.25, -0.2) is 0 Å². The van der Waals surface area contributed by atoms with Crippen molar-refractivity contribution >= 4 is 5.97 Å². The molecule has 2 heteroatoms. The Labute approximate surface area is 60.9 Å². The summed E-state index contributed by atoms with van der Waals surface area (Å²) in [6, 6.07) is 0. The molecule has 1 saturated heterocycles. The number of rotatable bonds is 2. The first-order chi connectivity index (χ1) is 4.83. The molecule has 0 aromatic carbocycles. The Bertz CT molecular complexity index is 140. The van der Waals surface area contributed by atoms with Gasteiger partial charge in [0.05, 0.1) is 0 Å². The van der Waals surface area contributed by atoms with Gasteiger partial charge in [0.15, 0.2) is 0 Å². The van der Waals surface area contributed by atoms with Crippen LogP contribution in [0.2, 0.25) is 0 Å². The first-order valence-corrected chi connectivity index (χ1v) is 3.63. The first-order valence-electron chi connectivity index (χ1n) is 3.63. The van der Waals surface area contributed by atoms with E-state index < -0.39 is 0 Å². The molecule has 0 N–H and O–H groups in total. The number of carbonyl (C=O) groups excluding carboxylic acids is 1. The van der Waals surface area contributed by atoms with E-state index in [0.29, 0.717) is 6.42 Å². The van der Waals surface area contributed by atoms with Gasteiger partial charge >= 0.3 is 5.97 Å². The largest absolute Gasteiger partial charge is 0.462 e. The monoisotopic (exact) mass is 140 g/mol. The molecule has 1 atom stereocenters. The second-order valence-electron chi connectivity index (χ2n) is 2.53. The van der Waals surface area contributed by atoms with Crippen LogP contribution in [0.4, 0.5) is 0 Å². The summed E-state index contributed by atoms with van der Waals surface area (Å²) in [6.45, 7) is 3.59. The quantitative estimate of drug-likeness (QED) is 0.430. The molecule has 1 heterocycles. The molecule has 0 aliphatic carbocycles. The van der Waals surface area contributed by atoms with Crippen LogP contribution in [-0.4, -0.2) is 12.1 Å². The van der Waals surface area contributed by atoms with E-state index in [-0.39, 0.29) is 12.1 Å². The molecule has 0 amide bonds. The molecule has 0 unspecified atom stereocenters. The molecule has 1 fully saturated rings. The average molecular weight is 140 g/mol. The number of ether oxygens (including phenoxy) is 1. The number of carbonyl (C=O) groups is 1. The normalized spacial score (nSPS) is 25.6. The lowest BCUT2D eigenvalue weighted by molar-refractivity contribution is -0.153. The highest BCUT2D eigenvalue weighted by atomic mass is 16.5. The molecule has 0 saturated carbocycles. The van der Waals surface area contributed by atoms with Crippen LogP contribution < -0.4 is 0 Å². The zero-order valence-corrected chi connectivity index (χ0v) is 6.01. The lowest BCUT2D eigenvalue weighted by Gasteiger charge is -2.20. The lowest BCUT2D eigenvalue weighted by atomic mass is 10.1. The SMILES string of the molecule is C=CC[C@H]1CCCC(=O)O1. The van der Waals surface area contributed by atoms with Crippen LogP contribution in [0.25, 0.3) is 0 Å². The molecule has 2 nitrogen and oxygen atoms in total. The summed E-state index contributed by atoms with van der Waals surface area (Å²) in [5, 5.41) is 0. The fraction of sp³-hybridized carbons (Fsp3) is 0.625. The van der Waals surface area contributed by atoms with Gasteiger partial charge in [0.25, 0.3) is 0 Å². The standard InChI is InChI=1S/C8H12O2/c1-2-4-7-5-3-6-8(9)10-7/h2,7H,1,3-6H2/t7-/m0/s1. The second kappa shape index (κ2) is 3.40. The third-order valence-corrected chi connectivity index (χ3v) is 1.63.